The maximum Gasteiger partial charge on any atom is 0.332 e. The van der Waals surface area contributed by atoms with E-state index in [9.17, 15) is 14.4 Å². The molecule has 0 spiro atoms. The van der Waals surface area contributed by atoms with Crippen LogP contribution in [0.5, 0.6) is 11.5 Å². The highest BCUT2D eigenvalue weighted by Gasteiger charge is 2.32. The third-order valence-corrected chi connectivity index (χ3v) is 8.40. The molecule has 262 valence electrons. The molecule has 17 nitrogen and oxygen atoms in total. The van der Waals surface area contributed by atoms with Gasteiger partial charge in [0, 0.05) is 32.2 Å². The maximum atomic E-state index is 13.0. The Morgan fingerprint density at radius 1 is 1.06 bits per heavy atom. The number of hydrogen-bond acceptors (Lipinski definition) is 12. The lowest BCUT2D eigenvalue weighted by Crippen LogP contribution is -2.39. The zero-order valence-corrected chi connectivity index (χ0v) is 28.5. The normalized spacial score (nSPS) is 15.6. The van der Waals surface area contributed by atoms with Crippen LogP contribution in [-0.4, -0.2) is 77.0 Å². The van der Waals surface area contributed by atoms with Gasteiger partial charge < -0.3 is 35.1 Å². The predicted octanol–water partition coefficient (Wildman–Crippen LogP) is 1.37. The first kappa shape index (κ1) is 34.0. The van der Waals surface area contributed by atoms with Gasteiger partial charge in [0.25, 0.3) is 5.56 Å². The molecule has 17 heteroatoms. The Kier molecular flexibility index (Phi) is 9.72. The third kappa shape index (κ3) is 6.32. The minimum Gasteiger partial charge on any atom is -0.493 e. The second-order valence-corrected chi connectivity index (χ2v) is 11.4. The van der Waals surface area contributed by atoms with Crippen molar-refractivity contribution in [3.8, 4) is 23.3 Å². The quantitative estimate of drug-likeness (QED) is 0.133. The average molecular weight is 686 g/mol. The number of anilines is 2. The maximum absolute atomic E-state index is 13.0. The standard InChI is InChI=1S/C33H39N11O6/c1-6-35-30(45)21-12-14-24(50-21)44-18-37-25-27(34)39-32(40-28(25)44)36-15-16-49-20-11-9-19(17-22(20)48-5)10-13-23-38-29-26(41(23)4)31(46)43(8-3)33(47)42(29)7-2/h9,11,17-18,21,24H,6-8,12,14-16H2,1-5H3,(H,35,45)(H3,34,36,39,40). The second kappa shape index (κ2) is 14.3. The van der Waals surface area contributed by atoms with Gasteiger partial charge in [0.2, 0.25) is 11.9 Å². The predicted molar refractivity (Wildman–Crippen MR) is 185 cm³/mol. The van der Waals surface area contributed by atoms with Crippen LogP contribution < -0.4 is 37.1 Å². The monoisotopic (exact) mass is 685 g/mol. The van der Waals surface area contributed by atoms with Crippen molar-refractivity contribution in [3.05, 3.63) is 56.8 Å². The summed E-state index contributed by atoms with van der Waals surface area (Å²) in [4.78, 5) is 55.8. The lowest BCUT2D eigenvalue weighted by molar-refractivity contribution is -0.133. The molecule has 4 N–H and O–H groups in total. The summed E-state index contributed by atoms with van der Waals surface area (Å²) in [5, 5.41) is 5.93. The van der Waals surface area contributed by atoms with Crippen LogP contribution >= 0.6 is 0 Å². The summed E-state index contributed by atoms with van der Waals surface area (Å²) >= 11 is 0. The molecule has 4 aromatic heterocycles. The highest BCUT2D eigenvalue weighted by molar-refractivity contribution is 5.83. The Bertz CT molecular complexity index is 2260. The molecule has 0 aliphatic carbocycles. The van der Waals surface area contributed by atoms with E-state index >= 15 is 0 Å². The minimum atomic E-state index is -0.533. The van der Waals surface area contributed by atoms with Crippen LogP contribution in [0, 0.1) is 11.8 Å². The number of nitrogens with one attached hydrogen (secondary N) is 2. The Morgan fingerprint density at radius 2 is 1.86 bits per heavy atom. The molecule has 2 unspecified atom stereocenters. The molecule has 1 fully saturated rings. The number of aromatic nitrogens is 8. The number of imidazole rings is 2. The van der Waals surface area contributed by atoms with E-state index in [4.69, 9.17) is 19.9 Å². The van der Waals surface area contributed by atoms with Crippen molar-refractivity contribution in [3.63, 3.8) is 0 Å². The number of carbonyl (C=O) groups excluding carboxylic acids is 1. The van der Waals surface area contributed by atoms with Crippen LogP contribution in [0.2, 0.25) is 0 Å². The van der Waals surface area contributed by atoms with Gasteiger partial charge >= 0.3 is 5.69 Å². The number of nitrogens with zero attached hydrogens (tertiary/aromatic N) is 8. The highest BCUT2D eigenvalue weighted by atomic mass is 16.5. The number of carbonyl (C=O) groups is 1. The SMILES string of the molecule is CCNC(=O)C1CCC(n2cnc3c(N)nc(NCCOc4ccc(C#Cc5nc6c(c(=O)n(CC)c(=O)n6CC)n5C)cc4OC)nc32)O1. The van der Waals surface area contributed by atoms with Crippen LogP contribution in [0.4, 0.5) is 11.8 Å². The Hall–Kier alpha value is -5.89. The van der Waals surface area contributed by atoms with Gasteiger partial charge in [-0.15, -0.1) is 0 Å². The summed E-state index contributed by atoms with van der Waals surface area (Å²) in [6.45, 7) is 7.20. The molecule has 1 amide bonds. The molecule has 1 aromatic carbocycles. The van der Waals surface area contributed by atoms with Crippen molar-refractivity contribution in [1.82, 2.24) is 43.5 Å². The first-order valence-corrected chi connectivity index (χ1v) is 16.4. The molecule has 1 aliphatic heterocycles. The fraction of sp³-hybridized carbons (Fsp3) is 0.424. The lowest BCUT2D eigenvalue weighted by atomic mass is 10.2. The number of benzene rings is 1. The Morgan fingerprint density at radius 3 is 2.60 bits per heavy atom. The summed E-state index contributed by atoms with van der Waals surface area (Å²) in [5.41, 5.74) is 7.61. The zero-order chi connectivity index (χ0) is 35.5. The van der Waals surface area contributed by atoms with Gasteiger partial charge in [-0.05, 0) is 57.7 Å². The van der Waals surface area contributed by atoms with E-state index in [1.165, 1.54) is 16.2 Å². The van der Waals surface area contributed by atoms with E-state index in [1.54, 1.807) is 47.6 Å². The van der Waals surface area contributed by atoms with E-state index in [-0.39, 0.29) is 24.9 Å². The average Bonchev–Trinajstić information content (AvgIpc) is 3.84. The number of nitrogen functional groups attached to an aromatic ring is 1. The lowest BCUT2D eigenvalue weighted by Gasteiger charge is -2.15. The largest absolute Gasteiger partial charge is 0.493 e. The first-order valence-electron chi connectivity index (χ1n) is 16.4. The Labute approximate surface area is 286 Å². The summed E-state index contributed by atoms with van der Waals surface area (Å²) in [7, 11) is 3.24. The number of amides is 1. The molecule has 2 atom stereocenters. The fourth-order valence-corrected chi connectivity index (χ4v) is 5.89. The van der Waals surface area contributed by atoms with E-state index < -0.39 is 23.6 Å². The molecular formula is C33H39N11O6. The molecule has 1 saturated heterocycles. The molecule has 0 radical (unpaired) electrons. The molecule has 0 saturated carbocycles. The number of ether oxygens (including phenoxy) is 3. The van der Waals surface area contributed by atoms with E-state index in [1.807, 2.05) is 13.8 Å². The van der Waals surface area contributed by atoms with Crippen LogP contribution in [-0.2, 0) is 29.7 Å². The minimum absolute atomic E-state index is 0.136. The summed E-state index contributed by atoms with van der Waals surface area (Å²) < 4.78 is 23.6. The van der Waals surface area contributed by atoms with Crippen molar-refractivity contribution in [2.75, 3.05) is 37.9 Å². The van der Waals surface area contributed by atoms with Crippen molar-refractivity contribution >= 4 is 40.0 Å². The van der Waals surface area contributed by atoms with Crippen LogP contribution in [0.1, 0.15) is 51.2 Å². The van der Waals surface area contributed by atoms with Gasteiger partial charge in [-0.2, -0.15) is 9.97 Å². The number of hydrogen-bond donors (Lipinski definition) is 3. The van der Waals surface area contributed by atoms with Crippen LogP contribution in [0.3, 0.4) is 0 Å². The fourth-order valence-electron chi connectivity index (χ4n) is 5.89. The molecule has 5 aromatic rings. The van der Waals surface area contributed by atoms with Gasteiger partial charge in [0.15, 0.2) is 40.0 Å². The zero-order valence-electron chi connectivity index (χ0n) is 28.5. The first-order chi connectivity index (χ1) is 24.2. The van der Waals surface area contributed by atoms with Gasteiger partial charge in [-0.1, -0.05) is 5.92 Å². The molecular weight excluding hydrogens is 646 g/mol. The summed E-state index contributed by atoms with van der Waals surface area (Å²) in [5.74, 6) is 7.78. The van der Waals surface area contributed by atoms with Gasteiger partial charge in [0.1, 0.15) is 24.5 Å². The van der Waals surface area contributed by atoms with Crippen molar-refractivity contribution in [1.29, 1.82) is 0 Å². The third-order valence-electron chi connectivity index (χ3n) is 8.40. The molecule has 0 bridgehead atoms. The topological polar surface area (TPSA) is 200 Å². The van der Waals surface area contributed by atoms with Crippen molar-refractivity contribution < 1.29 is 19.0 Å². The Balaban J connectivity index is 1.12. The molecule has 1 aliphatic rings. The van der Waals surface area contributed by atoms with Crippen LogP contribution in [0.25, 0.3) is 22.3 Å². The van der Waals surface area contributed by atoms with E-state index in [2.05, 4.69) is 42.4 Å². The summed E-state index contributed by atoms with van der Waals surface area (Å²) in [6.07, 6.45) is 1.88. The highest BCUT2D eigenvalue weighted by Crippen LogP contribution is 2.32. The number of fused-ring (bicyclic) bond motifs is 2. The van der Waals surface area contributed by atoms with E-state index in [0.29, 0.717) is 83.6 Å². The number of methoxy groups -OCH3 is 1. The smallest absolute Gasteiger partial charge is 0.332 e. The number of likely N-dealkylation sites (N-methyl/N-ethyl adjacent to an activating group) is 1. The number of rotatable bonds is 11. The van der Waals surface area contributed by atoms with Crippen LogP contribution in [0.15, 0.2) is 34.1 Å². The van der Waals surface area contributed by atoms with Gasteiger partial charge in [0.05, 0.1) is 20.0 Å². The number of aryl methyl sites for hydroxylation is 2. The number of nitrogens with two attached hydrogens (primary N) is 1. The second-order valence-electron chi connectivity index (χ2n) is 11.4. The molecule has 6 rings (SSSR count). The summed E-state index contributed by atoms with van der Waals surface area (Å²) in [6, 6.07) is 5.28. The molecule has 50 heavy (non-hydrogen) atoms. The molecule has 5 heterocycles. The van der Waals surface area contributed by atoms with Gasteiger partial charge in [-0.25, -0.2) is 14.8 Å². The van der Waals surface area contributed by atoms with Crippen molar-refractivity contribution in [2.24, 2.45) is 7.05 Å². The van der Waals surface area contributed by atoms with Crippen molar-refractivity contribution in [2.45, 2.75) is 59.0 Å². The van der Waals surface area contributed by atoms with E-state index in [0.717, 1.165) is 0 Å². The van der Waals surface area contributed by atoms with Gasteiger partial charge in [-0.3, -0.25) is 23.3 Å².